The number of benzene rings is 1. The molecule has 1 aliphatic heterocycles. The van der Waals surface area contributed by atoms with Crippen molar-refractivity contribution in [2.24, 2.45) is 10.7 Å². The van der Waals surface area contributed by atoms with E-state index < -0.39 is 0 Å². The predicted octanol–water partition coefficient (Wildman–Crippen LogP) is 2.49. The number of aliphatic imine (C=N–C) groups is 1. The molecule has 1 unspecified atom stereocenters. The Labute approximate surface area is 124 Å². The number of pyridine rings is 1. The lowest BCUT2D eigenvalue weighted by Gasteiger charge is -2.23. The van der Waals surface area contributed by atoms with Crippen LogP contribution >= 0.6 is 0 Å². The van der Waals surface area contributed by atoms with Crippen LogP contribution in [0.1, 0.15) is 12.5 Å². The van der Waals surface area contributed by atoms with Gasteiger partial charge in [-0.1, -0.05) is 6.07 Å². The average molecular weight is 282 g/mol. The van der Waals surface area contributed by atoms with Gasteiger partial charge in [-0.2, -0.15) is 0 Å². The van der Waals surface area contributed by atoms with Gasteiger partial charge in [-0.3, -0.25) is 4.98 Å². The van der Waals surface area contributed by atoms with Crippen LogP contribution in [0.5, 0.6) is 5.75 Å². The summed E-state index contributed by atoms with van der Waals surface area (Å²) < 4.78 is 5.71. The summed E-state index contributed by atoms with van der Waals surface area (Å²) >= 11 is 0. The van der Waals surface area contributed by atoms with Crippen molar-refractivity contribution in [3.05, 3.63) is 48.3 Å². The van der Waals surface area contributed by atoms with Gasteiger partial charge in [0.25, 0.3) is 0 Å². The average Bonchev–Trinajstić information content (AvgIpc) is 2.49. The molecule has 0 bridgehead atoms. The van der Waals surface area contributed by atoms with Gasteiger partial charge in [0, 0.05) is 31.7 Å². The highest BCUT2D eigenvalue weighted by Gasteiger charge is 2.18. The third-order valence-electron chi connectivity index (χ3n) is 3.52. The van der Waals surface area contributed by atoms with E-state index in [-0.39, 0.29) is 6.10 Å². The fourth-order valence-electron chi connectivity index (χ4n) is 2.29. The molecule has 0 saturated carbocycles. The highest BCUT2D eigenvalue weighted by molar-refractivity contribution is 5.89. The first-order valence-electron chi connectivity index (χ1n) is 6.88. The summed E-state index contributed by atoms with van der Waals surface area (Å²) in [6, 6.07) is 10.0. The Bertz CT molecular complexity index is 669. The summed E-state index contributed by atoms with van der Waals surface area (Å²) in [5, 5.41) is 0. The lowest BCUT2D eigenvalue weighted by molar-refractivity contribution is 0.281. The van der Waals surface area contributed by atoms with Gasteiger partial charge in [-0.05, 0) is 36.8 Å². The van der Waals surface area contributed by atoms with E-state index in [9.17, 15) is 0 Å². The number of ether oxygens (including phenoxy) is 1. The first-order chi connectivity index (χ1) is 10.1. The highest BCUT2D eigenvalue weighted by Crippen LogP contribution is 2.33. The molecule has 0 fully saturated rings. The summed E-state index contributed by atoms with van der Waals surface area (Å²) in [6.07, 6.45) is 3.42. The van der Waals surface area contributed by atoms with Crippen LogP contribution in [0, 0.1) is 0 Å². The smallest absolute Gasteiger partial charge is 0.153 e. The lowest BCUT2D eigenvalue weighted by atomic mass is 10.1. The molecular formula is C16H18N4O. The summed E-state index contributed by atoms with van der Waals surface area (Å²) in [5.41, 5.74) is 8.92. The van der Waals surface area contributed by atoms with Crippen LogP contribution in [0.25, 0.3) is 0 Å². The largest absolute Gasteiger partial charge is 0.481 e. The molecule has 0 aliphatic carbocycles. The zero-order valence-corrected chi connectivity index (χ0v) is 12.2. The lowest BCUT2D eigenvalue weighted by Crippen LogP contribution is -2.33. The zero-order valence-electron chi connectivity index (χ0n) is 12.2. The second-order valence-electron chi connectivity index (χ2n) is 5.16. The molecule has 1 aliphatic rings. The first-order valence-corrected chi connectivity index (χ1v) is 6.88. The van der Waals surface area contributed by atoms with Crippen molar-refractivity contribution >= 4 is 17.2 Å². The quantitative estimate of drug-likeness (QED) is 0.939. The van der Waals surface area contributed by atoms with E-state index in [0.717, 1.165) is 29.2 Å². The van der Waals surface area contributed by atoms with E-state index in [4.69, 9.17) is 10.5 Å². The van der Waals surface area contributed by atoms with E-state index in [2.05, 4.69) is 20.9 Å². The summed E-state index contributed by atoms with van der Waals surface area (Å²) in [6.45, 7) is 2.68. The van der Waals surface area contributed by atoms with Crippen molar-refractivity contribution in [1.29, 1.82) is 0 Å². The Morgan fingerprint density at radius 3 is 2.76 bits per heavy atom. The van der Waals surface area contributed by atoms with Gasteiger partial charge < -0.3 is 15.4 Å². The molecule has 3 rings (SSSR count). The SMILES string of the molecule is CC1Oc2ccc(CN(C)c3ccncc3)cc2N=C1N. The minimum atomic E-state index is -0.164. The maximum Gasteiger partial charge on any atom is 0.153 e. The monoisotopic (exact) mass is 282 g/mol. The van der Waals surface area contributed by atoms with Gasteiger partial charge in [0.2, 0.25) is 0 Å². The van der Waals surface area contributed by atoms with Gasteiger partial charge in [0.15, 0.2) is 6.10 Å². The maximum absolute atomic E-state index is 5.84. The molecule has 0 amide bonds. The third-order valence-corrected chi connectivity index (χ3v) is 3.52. The Balaban J connectivity index is 1.81. The summed E-state index contributed by atoms with van der Waals surface area (Å²) in [7, 11) is 2.05. The Hall–Kier alpha value is -2.56. The molecule has 2 N–H and O–H groups in total. The number of nitrogens with two attached hydrogens (primary N) is 1. The van der Waals surface area contributed by atoms with E-state index in [1.165, 1.54) is 0 Å². The van der Waals surface area contributed by atoms with Crippen LogP contribution in [0.3, 0.4) is 0 Å². The standard InChI is InChI=1S/C16H18N4O/c1-11-16(17)19-14-9-12(3-4-15(14)21-11)10-20(2)13-5-7-18-8-6-13/h3-9,11H,10H2,1-2H3,(H2,17,19). The number of rotatable bonds is 3. The fraction of sp³-hybridized carbons (Fsp3) is 0.250. The Kier molecular flexibility index (Phi) is 3.48. The van der Waals surface area contributed by atoms with Crippen LogP contribution in [0.15, 0.2) is 47.7 Å². The first kappa shape index (κ1) is 13.4. The predicted molar refractivity (Wildman–Crippen MR) is 84.2 cm³/mol. The van der Waals surface area contributed by atoms with Gasteiger partial charge in [0.05, 0.1) is 0 Å². The van der Waals surface area contributed by atoms with Crippen LogP contribution < -0.4 is 15.4 Å². The van der Waals surface area contributed by atoms with Crippen molar-refractivity contribution in [1.82, 2.24) is 4.98 Å². The minimum Gasteiger partial charge on any atom is -0.481 e. The molecular weight excluding hydrogens is 264 g/mol. The molecule has 2 aromatic rings. The van der Waals surface area contributed by atoms with Crippen LogP contribution in [0.2, 0.25) is 0 Å². The molecule has 108 valence electrons. The van der Waals surface area contributed by atoms with E-state index >= 15 is 0 Å². The second kappa shape index (κ2) is 5.44. The number of nitrogens with zero attached hydrogens (tertiary/aromatic N) is 3. The van der Waals surface area contributed by atoms with Crippen LogP contribution in [-0.2, 0) is 6.54 Å². The van der Waals surface area contributed by atoms with Crippen molar-refractivity contribution in [2.75, 3.05) is 11.9 Å². The second-order valence-corrected chi connectivity index (χ2v) is 5.16. The van der Waals surface area contributed by atoms with E-state index in [1.54, 1.807) is 12.4 Å². The van der Waals surface area contributed by atoms with Crippen LogP contribution in [-0.4, -0.2) is 24.0 Å². The molecule has 5 heteroatoms. The molecule has 0 spiro atoms. The van der Waals surface area contributed by atoms with Gasteiger partial charge in [0.1, 0.15) is 17.3 Å². The molecule has 1 aromatic heterocycles. The van der Waals surface area contributed by atoms with Crippen molar-refractivity contribution < 1.29 is 4.74 Å². The molecule has 2 heterocycles. The van der Waals surface area contributed by atoms with Gasteiger partial charge in [-0.25, -0.2) is 4.99 Å². The zero-order chi connectivity index (χ0) is 14.8. The summed E-state index contributed by atoms with van der Waals surface area (Å²) in [4.78, 5) is 10.6. The molecule has 21 heavy (non-hydrogen) atoms. The molecule has 1 atom stereocenters. The third kappa shape index (κ3) is 2.81. The maximum atomic E-state index is 5.84. The number of aromatic nitrogens is 1. The number of fused-ring (bicyclic) bond motifs is 1. The normalized spacial score (nSPS) is 16.7. The molecule has 1 aromatic carbocycles. The van der Waals surface area contributed by atoms with Crippen molar-refractivity contribution in [3.8, 4) is 5.75 Å². The highest BCUT2D eigenvalue weighted by atomic mass is 16.5. The number of hydrogen-bond donors (Lipinski definition) is 1. The minimum absolute atomic E-state index is 0.164. The number of amidine groups is 1. The number of hydrogen-bond acceptors (Lipinski definition) is 5. The number of anilines is 1. The van der Waals surface area contributed by atoms with E-state index in [1.807, 2.05) is 38.2 Å². The Morgan fingerprint density at radius 2 is 2.00 bits per heavy atom. The summed E-state index contributed by atoms with van der Waals surface area (Å²) in [5.74, 6) is 1.30. The van der Waals surface area contributed by atoms with Crippen LogP contribution in [0.4, 0.5) is 11.4 Å². The molecule has 5 nitrogen and oxygen atoms in total. The van der Waals surface area contributed by atoms with E-state index in [0.29, 0.717) is 5.84 Å². The van der Waals surface area contributed by atoms with Gasteiger partial charge >= 0.3 is 0 Å². The van der Waals surface area contributed by atoms with Gasteiger partial charge in [-0.15, -0.1) is 0 Å². The Morgan fingerprint density at radius 1 is 1.24 bits per heavy atom. The topological polar surface area (TPSA) is 63.7 Å². The molecule has 0 saturated heterocycles. The van der Waals surface area contributed by atoms with Crippen molar-refractivity contribution in [2.45, 2.75) is 19.6 Å². The van der Waals surface area contributed by atoms with Crippen molar-refractivity contribution in [3.63, 3.8) is 0 Å². The molecule has 0 radical (unpaired) electrons. The fourth-order valence-corrected chi connectivity index (χ4v) is 2.29.